The summed E-state index contributed by atoms with van der Waals surface area (Å²) in [5.41, 5.74) is 11.3. The van der Waals surface area contributed by atoms with E-state index in [-0.39, 0.29) is 5.82 Å². The van der Waals surface area contributed by atoms with E-state index in [0.717, 1.165) is 40.7 Å². The number of hydrogen-bond acceptors (Lipinski definition) is 2. The summed E-state index contributed by atoms with van der Waals surface area (Å²) in [4.78, 5) is 4.44. The minimum atomic E-state index is -0.195. The second kappa shape index (κ2) is 5.20. The van der Waals surface area contributed by atoms with Gasteiger partial charge in [0.2, 0.25) is 5.95 Å². The lowest BCUT2D eigenvalue weighted by Crippen LogP contribution is -2.06. The Kier molecular flexibility index (Phi) is 3.37. The number of anilines is 1. The molecule has 108 valence electrons. The van der Waals surface area contributed by atoms with Gasteiger partial charge in [-0.15, -0.1) is 0 Å². The van der Waals surface area contributed by atoms with Crippen LogP contribution in [0.2, 0.25) is 0 Å². The molecule has 0 radical (unpaired) electrons. The highest BCUT2D eigenvalue weighted by Crippen LogP contribution is 2.22. The molecule has 0 aliphatic rings. The number of imidazole rings is 1. The second-order valence-electron chi connectivity index (χ2n) is 5.39. The van der Waals surface area contributed by atoms with Crippen molar-refractivity contribution >= 4 is 17.0 Å². The van der Waals surface area contributed by atoms with Crippen LogP contribution in [0.5, 0.6) is 0 Å². The molecule has 0 saturated carbocycles. The van der Waals surface area contributed by atoms with Crippen LogP contribution < -0.4 is 5.73 Å². The first kappa shape index (κ1) is 13.6. The Morgan fingerprint density at radius 2 is 1.95 bits per heavy atom. The fourth-order valence-corrected chi connectivity index (χ4v) is 2.71. The lowest BCUT2D eigenvalue weighted by atomic mass is 10.1. The minimum absolute atomic E-state index is 0.195. The number of fused-ring (bicyclic) bond motifs is 1. The molecule has 2 aromatic carbocycles. The Hall–Kier alpha value is -2.36. The molecule has 0 amide bonds. The molecule has 0 spiro atoms. The highest BCUT2D eigenvalue weighted by Gasteiger charge is 2.10. The van der Waals surface area contributed by atoms with E-state index in [0.29, 0.717) is 5.95 Å². The molecule has 1 heterocycles. The highest BCUT2D eigenvalue weighted by molar-refractivity contribution is 5.81. The Labute approximate surface area is 123 Å². The zero-order chi connectivity index (χ0) is 15.0. The number of aryl methyl sites for hydroxylation is 4. The van der Waals surface area contributed by atoms with Crippen LogP contribution in [0.1, 0.15) is 16.7 Å². The summed E-state index contributed by atoms with van der Waals surface area (Å²) in [5.74, 6) is 0.332. The van der Waals surface area contributed by atoms with E-state index in [4.69, 9.17) is 5.73 Å². The molecule has 0 unspecified atom stereocenters. The molecule has 0 fully saturated rings. The van der Waals surface area contributed by atoms with Crippen LogP contribution in [0, 0.1) is 19.7 Å². The van der Waals surface area contributed by atoms with Gasteiger partial charge in [-0.1, -0.05) is 18.2 Å². The van der Waals surface area contributed by atoms with Crippen molar-refractivity contribution in [2.24, 2.45) is 0 Å². The molecular weight excluding hydrogens is 265 g/mol. The summed E-state index contributed by atoms with van der Waals surface area (Å²) in [6.07, 6.45) is 0.801. The maximum Gasteiger partial charge on any atom is 0.201 e. The van der Waals surface area contributed by atoms with Crippen molar-refractivity contribution in [2.45, 2.75) is 26.8 Å². The van der Waals surface area contributed by atoms with E-state index in [9.17, 15) is 4.39 Å². The Morgan fingerprint density at radius 1 is 1.14 bits per heavy atom. The third kappa shape index (κ3) is 2.49. The van der Waals surface area contributed by atoms with Crippen molar-refractivity contribution in [3.05, 3.63) is 58.9 Å². The summed E-state index contributed by atoms with van der Waals surface area (Å²) in [7, 11) is 0. The van der Waals surface area contributed by atoms with Crippen molar-refractivity contribution in [2.75, 3.05) is 5.73 Å². The molecule has 3 aromatic rings. The van der Waals surface area contributed by atoms with Crippen LogP contribution in [-0.2, 0) is 13.0 Å². The summed E-state index contributed by atoms with van der Waals surface area (Å²) in [6.45, 7) is 4.69. The van der Waals surface area contributed by atoms with Gasteiger partial charge in [0.05, 0.1) is 11.0 Å². The van der Waals surface area contributed by atoms with E-state index in [1.165, 1.54) is 6.07 Å². The van der Waals surface area contributed by atoms with E-state index in [2.05, 4.69) is 4.98 Å². The molecule has 0 atom stereocenters. The predicted molar refractivity (Wildman–Crippen MR) is 83.7 cm³/mol. The normalized spacial score (nSPS) is 11.2. The Bertz CT molecular complexity index is 805. The number of nitrogens with two attached hydrogens (primary N) is 1. The van der Waals surface area contributed by atoms with Crippen LogP contribution in [0.15, 0.2) is 36.4 Å². The molecule has 21 heavy (non-hydrogen) atoms. The molecule has 0 saturated heterocycles. The lowest BCUT2D eigenvalue weighted by molar-refractivity contribution is 0.624. The summed E-state index contributed by atoms with van der Waals surface area (Å²) in [5, 5.41) is 0. The molecule has 3 rings (SSSR count). The summed E-state index contributed by atoms with van der Waals surface area (Å²) < 4.78 is 15.2. The number of benzene rings is 2. The van der Waals surface area contributed by atoms with Crippen LogP contribution >= 0.6 is 0 Å². The zero-order valence-corrected chi connectivity index (χ0v) is 12.2. The van der Waals surface area contributed by atoms with Crippen molar-refractivity contribution in [1.29, 1.82) is 0 Å². The molecule has 2 N–H and O–H groups in total. The van der Waals surface area contributed by atoms with Crippen LogP contribution in [-0.4, -0.2) is 9.55 Å². The fraction of sp³-hybridized carbons (Fsp3) is 0.235. The first-order valence-electron chi connectivity index (χ1n) is 7.02. The number of aromatic nitrogens is 2. The predicted octanol–water partition coefficient (Wildman–Crippen LogP) is 3.62. The van der Waals surface area contributed by atoms with Gasteiger partial charge < -0.3 is 10.3 Å². The molecule has 4 heteroatoms. The number of rotatable bonds is 3. The quantitative estimate of drug-likeness (QED) is 0.798. The van der Waals surface area contributed by atoms with Gasteiger partial charge >= 0.3 is 0 Å². The van der Waals surface area contributed by atoms with Crippen LogP contribution in [0.3, 0.4) is 0 Å². The van der Waals surface area contributed by atoms with E-state index >= 15 is 0 Å². The summed E-state index contributed by atoms with van der Waals surface area (Å²) in [6, 6.07) is 11.0. The molecule has 1 aromatic heterocycles. The first-order valence-corrected chi connectivity index (χ1v) is 7.02. The molecule has 3 nitrogen and oxygen atoms in total. The smallest absolute Gasteiger partial charge is 0.201 e. The van der Waals surface area contributed by atoms with Gasteiger partial charge in [-0.25, -0.2) is 9.37 Å². The number of halogens is 1. The number of nitrogens with zero attached hydrogens (tertiary/aromatic N) is 2. The van der Waals surface area contributed by atoms with Gasteiger partial charge in [0.15, 0.2) is 0 Å². The van der Waals surface area contributed by atoms with E-state index < -0.39 is 0 Å². The maximum atomic E-state index is 13.1. The maximum absolute atomic E-state index is 13.1. The number of para-hydroxylation sites is 1. The first-order chi connectivity index (χ1) is 10.1. The topological polar surface area (TPSA) is 43.8 Å². The monoisotopic (exact) mass is 283 g/mol. The van der Waals surface area contributed by atoms with Gasteiger partial charge in [0.25, 0.3) is 0 Å². The molecule has 0 bridgehead atoms. The van der Waals surface area contributed by atoms with Crippen LogP contribution in [0.4, 0.5) is 10.3 Å². The van der Waals surface area contributed by atoms with Crippen molar-refractivity contribution in [3.63, 3.8) is 0 Å². The minimum Gasteiger partial charge on any atom is -0.369 e. The molecular formula is C17H18FN3. The van der Waals surface area contributed by atoms with Gasteiger partial charge in [0, 0.05) is 6.54 Å². The van der Waals surface area contributed by atoms with Crippen molar-refractivity contribution in [1.82, 2.24) is 9.55 Å². The van der Waals surface area contributed by atoms with Crippen molar-refractivity contribution in [3.8, 4) is 0 Å². The van der Waals surface area contributed by atoms with Gasteiger partial charge in [0.1, 0.15) is 5.82 Å². The van der Waals surface area contributed by atoms with Gasteiger partial charge in [-0.2, -0.15) is 0 Å². The average molecular weight is 283 g/mol. The van der Waals surface area contributed by atoms with Gasteiger partial charge in [-0.3, -0.25) is 0 Å². The SMILES string of the molecule is Cc1cc(F)ccc1CCn1c(N)nc2c(C)cccc21. The van der Waals surface area contributed by atoms with Gasteiger partial charge in [-0.05, 0) is 55.2 Å². The third-order valence-electron chi connectivity index (χ3n) is 3.92. The Morgan fingerprint density at radius 3 is 2.71 bits per heavy atom. The fourth-order valence-electron chi connectivity index (χ4n) is 2.71. The number of hydrogen-bond donors (Lipinski definition) is 1. The van der Waals surface area contributed by atoms with E-state index in [1.807, 2.05) is 42.7 Å². The Balaban J connectivity index is 1.92. The average Bonchev–Trinajstić information content (AvgIpc) is 2.76. The molecule has 0 aliphatic carbocycles. The lowest BCUT2D eigenvalue weighted by Gasteiger charge is -2.09. The second-order valence-corrected chi connectivity index (χ2v) is 5.39. The summed E-state index contributed by atoms with van der Waals surface area (Å²) >= 11 is 0. The zero-order valence-electron chi connectivity index (χ0n) is 12.2. The molecule has 0 aliphatic heterocycles. The largest absolute Gasteiger partial charge is 0.369 e. The highest BCUT2D eigenvalue weighted by atomic mass is 19.1. The van der Waals surface area contributed by atoms with Crippen LogP contribution in [0.25, 0.3) is 11.0 Å². The third-order valence-corrected chi connectivity index (χ3v) is 3.92. The van der Waals surface area contributed by atoms with E-state index in [1.54, 1.807) is 6.07 Å². The standard InChI is InChI=1S/C17H18FN3/c1-11-4-3-5-15-16(11)20-17(19)21(15)9-8-13-6-7-14(18)10-12(13)2/h3-7,10H,8-9H2,1-2H3,(H2,19,20). The van der Waals surface area contributed by atoms with Crippen molar-refractivity contribution < 1.29 is 4.39 Å². The number of nitrogen functional groups attached to an aromatic ring is 1.